The Morgan fingerprint density at radius 2 is 1.94 bits per heavy atom. The molecule has 0 aliphatic carbocycles. The second kappa shape index (κ2) is 5.87. The molecule has 5 nitrogen and oxygen atoms in total. The summed E-state index contributed by atoms with van der Waals surface area (Å²) in [7, 11) is -3.63. The van der Waals surface area contributed by atoms with Gasteiger partial charge in [-0.3, -0.25) is 4.79 Å². The van der Waals surface area contributed by atoms with Crippen molar-refractivity contribution in [1.82, 2.24) is 5.32 Å². The van der Waals surface area contributed by atoms with Crippen molar-refractivity contribution in [3.05, 3.63) is 35.4 Å². The van der Waals surface area contributed by atoms with Gasteiger partial charge in [0.2, 0.25) is 15.9 Å². The number of hydrogen-bond acceptors (Lipinski definition) is 3. The third kappa shape index (κ3) is 5.19. The van der Waals surface area contributed by atoms with Crippen molar-refractivity contribution < 1.29 is 22.0 Å². The molecule has 0 atom stereocenters. The number of rotatable bonds is 5. The molecule has 0 saturated carbocycles. The average Bonchev–Trinajstić information content (AvgIpc) is 2.21. The maximum absolute atomic E-state index is 12.8. The van der Waals surface area contributed by atoms with Crippen LogP contribution in [0.4, 0.5) is 8.78 Å². The third-order valence-corrected chi connectivity index (χ3v) is 2.83. The number of sulfonamides is 1. The van der Waals surface area contributed by atoms with Gasteiger partial charge in [0.05, 0.1) is 12.2 Å². The van der Waals surface area contributed by atoms with Gasteiger partial charge in [0.1, 0.15) is 0 Å². The molecule has 0 spiro atoms. The molecular formula is C10H12F2N2O3S. The molecule has 0 aliphatic rings. The lowest BCUT2D eigenvalue weighted by Crippen LogP contribution is -2.32. The quantitative estimate of drug-likeness (QED) is 0.789. The fraction of sp³-hybridized carbons (Fsp3) is 0.300. The van der Waals surface area contributed by atoms with E-state index in [1.807, 2.05) is 0 Å². The number of primary sulfonamides is 1. The van der Waals surface area contributed by atoms with Crippen molar-refractivity contribution in [3.8, 4) is 0 Å². The minimum absolute atomic E-state index is 0.124. The summed E-state index contributed by atoms with van der Waals surface area (Å²) in [6.45, 7) is -0.124. The molecule has 0 bridgehead atoms. The Morgan fingerprint density at radius 3 is 2.50 bits per heavy atom. The van der Waals surface area contributed by atoms with E-state index >= 15 is 0 Å². The topological polar surface area (TPSA) is 89.3 Å². The van der Waals surface area contributed by atoms with Crippen LogP contribution in [0.15, 0.2) is 18.2 Å². The van der Waals surface area contributed by atoms with Gasteiger partial charge in [-0.05, 0) is 17.7 Å². The summed E-state index contributed by atoms with van der Waals surface area (Å²) < 4.78 is 46.6. The highest BCUT2D eigenvalue weighted by Crippen LogP contribution is 2.08. The summed E-state index contributed by atoms with van der Waals surface area (Å²) in [5.41, 5.74) is 0.294. The molecule has 0 aliphatic heterocycles. The van der Waals surface area contributed by atoms with Crippen LogP contribution in [0.5, 0.6) is 0 Å². The van der Waals surface area contributed by atoms with E-state index in [0.717, 1.165) is 12.1 Å². The van der Waals surface area contributed by atoms with Gasteiger partial charge in [0, 0.05) is 6.54 Å². The largest absolute Gasteiger partial charge is 0.355 e. The zero-order valence-corrected chi connectivity index (χ0v) is 10.1. The maximum Gasteiger partial charge on any atom is 0.224 e. The molecule has 0 heterocycles. The first-order chi connectivity index (χ1) is 8.28. The van der Waals surface area contributed by atoms with Gasteiger partial charge in [-0.15, -0.1) is 0 Å². The van der Waals surface area contributed by atoms with E-state index < -0.39 is 27.6 Å². The minimum atomic E-state index is -3.63. The number of nitrogens with two attached hydrogens (primary N) is 1. The second-order valence-electron chi connectivity index (χ2n) is 3.64. The Balaban J connectivity index is 2.47. The highest BCUT2D eigenvalue weighted by molar-refractivity contribution is 7.89. The molecular weight excluding hydrogens is 266 g/mol. The first kappa shape index (κ1) is 14.5. The summed E-state index contributed by atoms with van der Waals surface area (Å²) in [4.78, 5) is 11.3. The lowest BCUT2D eigenvalue weighted by molar-refractivity contribution is -0.120. The molecule has 1 amide bonds. The first-order valence-electron chi connectivity index (χ1n) is 4.99. The lowest BCUT2D eigenvalue weighted by Gasteiger charge is -2.04. The van der Waals surface area contributed by atoms with Gasteiger partial charge in [0.15, 0.2) is 11.6 Å². The zero-order valence-electron chi connectivity index (χ0n) is 9.32. The number of carbonyl (C=O) groups excluding carboxylic acids is 1. The SMILES string of the molecule is NS(=O)(=O)CCNC(=O)Cc1ccc(F)c(F)c1. The molecule has 0 aromatic heterocycles. The van der Waals surface area contributed by atoms with Crippen LogP contribution in [0.2, 0.25) is 0 Å². The molecule has 0 saturated heterocycles. The summed E-state index contributed by atoms with van der Waals surface area (Å²) in [6.07, 6.45) is -0.165. The number of benzene rings is 1. The molecule has 0 radical (unpaired) electrons. The van der Waals surface area contributed by atoms with Gasteiger partial charge in [-0.2, -0.15) is 0 Å². The molecule has 0 fully saturated rings. The van der Waals surface area contributed by atoms with Crippen LogP contribution in [-0.4, -0.2) is 26.6 Å². The number of amides is 1. The van der Waals surface area contributed by atoms with Crippen LogP contribution in [0.1, 0.15) is 5.56 Å². The predicted octanol–water partition coefficient (Wildman–Crippen LogP) is -0.0880. The Kier molecular flexibility index (Phi) is 4.74. The second-order valence-corrected chi connectivity index (χ2v) is 5.38. The van der Waals surface area contributed by atoms with E-state index in [1.165, 1.54) is 6.07 Å². The number of carbonyl (C=O) groups is 1. The van der Waals surface area contributed by atoms with E-state index in [2.05, 4.69) is 5.32 Å². The smallest absolute Gasteiger partial charge is 0.224 e. The lowest BCUT2D eigenvalue weighted by atomic mass is 10.1. The van der Waals surface area contributed by atoms with Crippen molar-refractivity contribution in [2.75, 3.05) is 12.3 Å². The van der Waals surface area contributed by atoms with E-state index in [9.17, 15) is 22.0 Å². The van der Waals surface area contributed by atoms with Crippen molar-refractivity contribution in [1.29, 1.82) is 0 Å². The fourth-order valence-corrected chi connectivity index (χ4v) is 1.62. The van der Waals surface area contributed by atoms with Crippen molar-refractivity contribution in [3.63, 3.8) is 0 Å². The van der Waals surface area contributed by atoms with E-state index in [0.29, 0.717) is 5.56 Å². The number of halogens is 2. The van der Waals surface area contributed by atoms with E-state index in [-0.39, 0.29) is 18.7 Å². The summed E-state index contributed by atoms with van der Waals surface area (Å²) in [5.74, 6) is -2.90. The van der Waals surface area contributed by atoms with Crippen LogP contribution in [0.3, 0.4) is 0 Å². The van der Waals surface area contributed by atoms with Gasteiger partial charge in [0.25, 0.3) is 0 Å². The van der Waals surface area contributed by atoms with Crippen LogP contribution in [0, 0.1) is 11.6 Å². The van der Waals surface area contributed by atoms with Crippen LogP contribution in [-0.2, 0) is 21.2 Å². The average molecular weight is 278 g/mol. The molecule has 0 unspecified atom stereocenters. The standard InChI is InChI=1S/C10H12F2N2O3S/c11-8-2-1-7(5-9(8)12)6-10(15)14-3-4-18(13,16)17/h1-2,5H,3-4,6H2,(H,14,15)(H2,13,16,17). The van der Waals surface area contributed by atoms with Crippen molar-refractivity contribution >= 4 is 15.9 Å². The highest BCUT2D eigenvalue weighted by Gasteiger charge is 2.08. The Bertz CT molecular complexity index is 546. The molecule has 18 heavy (non-hydrogen) atoms. The summed E-state index contributed by atoms with van der Waals surface area (Å²) >= 11 is 0. The van der Waals surface area contributed by atoms with Crippen LogP contribution < -0.4 is 10.5 Å². The predicted molar refractivity (Wildman–Crippen MR) is 61.0 cm³/mol. The van der Waals surface area contributed by atoms with Crippen molar-refractivity contribution in [2.24, 2.45) is 5.14 Å². The maximum atomic E-state index is 12.8. The molecule has 3 N–H and O–H groups in total. The van der Waals surface area contributed by atoms with Crippen LogP contribution >= 0.6 is 0 Å². The van der Waals surface area contributed by atoms with Gasteiger partial charge in [-0.25, -0.2) is 22.3 Å². The number of hydrogen-bond donors (Lipinski definition) is 2. The fourth-order valence-electron chi connectivity index (χ4n) is 1.23. The molecule has 1 aromatic rings. The Morgan fingerprint density at radius 1 is 1.28 bits per heavy atom. The monoisotopic (exact) mass is 278 g/mol. The normalized spacial score (nSPS) is 11.3. The minimum Gasteiger partial charge on any atom is -0.355 e. The van der Waals surface area contributed by atoms with E-state index in [1.54, 1.807) is 0 Å². The van der Waals surface area contributed by atoms with Gasteiger partial charge in [-0.1, -0.05) is 6.07 Å². The Hall–Kier alpha value is -1.54. The first-order valence-corrected chi connectivity index (χ1v) is 6.70. The molecule has 1 rings (SSSR count). The van der Waals surface area contributed by atoms with Crippen LogP contribution in [0.25, 0.3) is 0 Å². The van der Waals surface area contributed by atoms with Crippen molar-refractivity contribution in [2.45, 2.75) is 6.42 Å². The number of nitrogens with one attached hydrogen (secondary N) is 1. The highest BCUT2D eigenvalue weighted by atomic mass is 32.2. The van der Waals surface area contributed by atoms with Gasteiger partial charge >= 0.3 is 0 Å². The third-order valence-electron chi connectivity index (χ3n) is 2.06. The molecule has 8 heteroatoms. The molecule has 100 valence electrons. The summed E-state index contributed by atoms with van der Waals surface area (Å²) in [5, 5.41) is 7.05. The molecule has 1 aromatic carbocycles. The summed E-state index contributed by atoms with van der Waals surface area (Å²) in [6, 6.07) is 3.11. The van der Waals surface area contributed by atoms with Gasteiger partial charge < -0.3 is 5.32 Å². The Labute approximate surface area is 103 Å². The van der Waals surface area contributed by atoms with E-state index in [4.69, 9.17) is 5.14 Å². The zero-order chi connectivity index (χ0) is 13.8.